The average molecular weight is 230 g/mol. The van der Waals surface area contributed by atoms with Gasteiger partial charge in [-0.2, -0.15) is 0 Å². The Hall–Kier alpha value is -0.240. The molecule has 0 spiro atoms. The van der Waals surface area contributed by atoms with E-state index in [1.165, 1.54) is 17.5 Å². The predicted molar refractivity (Wildman–Crippen MR) is 61.2 cm³/mol. The van der Waals surface area contributed by atoms with Crippen LogP contribution < -0.4 is 5.32 Å². The first-order valence-corrected chi connectivity index (χ1v) is 5.63. The quantitative estimate of drug-likeness (QED) is 0.777. The van der Waals surface area contributed by atoms with Crippen LogP contribution in [0.5, 0.6) is 0 Å². The molecular formula is C11H13Cl2N. The first-order valence-electron chi connectivity index (χ1n) is 4.88. The molecule has 0 bridgehead atoms. The molecule has 14 heavy (non-hydrogen) atoms. The van der Waals surface area contributed by atoms with Gasteiger partial charge in [0.15, 0.2) is 0 Å². The van der Waals surface area contributed by atoms with Crippen molar-refractivity contribution in [2.45, 2.75) is 25.3 Å². The highest BCUT2D eigenvalue weighted by Crippen LogP contribution is 2.38. The van der Waals surface area contributed by atoms with Crippen molar-refractivity contribution in [1.82, 2.24) is 5.32 Å². The van der Waals surface area contributed by atoms with Crippen molar-refractivity contribution in [2.24, 2.45) is 0 Å². The van der Waals surface area contributed by atoms with Gasteiger partial charge in [-0.05, 0) is 49.6 Å². The number of halogens is 2. The summed E-state index contributed by atoms with van der Waals surface area (Å²) in [4.78, 5) is 0. The molecule has 0 aliphatic heterocycles. The van der Waals surface area contributed by atoms with Crippen LogP contribution in [-0.2, 0) is 6.42 Å². The number of fused-ring (bicyclic) bond motifs is 1. The molecule has 1 atom stereocenters. The van der Waals surface area contributed by atoms with Gasteiger partial charge in [-0.1, -0.05) is 23.2 Å². The normalized spacial score (nSPS) is 20.6. The molecule has 2 rings (SSSR count). The Kier molecular flexibility index (Phi) is 3.01. The molecule has 1 aliphatic carbocycles. The third-order valence-electron chi connectivity index (χ3n) is 2.86. The molecule has 1 aliphatic rings. The second-order valence-corrected chi connectivity index (χ2v) is 4.47. The lowest BCUT2D eigenvalue weighted by atomic mass is 9.87. The van der Waals surface area contributed by atoms with Gasteiger partial charge in [0.1, 0.15) is 0 Å². The molecule has 76 valence electrons. The van der Waals surface area contributed by atoms with E-state index in [0.717, 1.165) is 22.9 Å². The van der Waals surface area contributed by atoms with Gasteiger partial charge in [0.2, 0.25) is 0 Å². The Labute approximate surface area is 94.4 Å². The molecule has 1 N–H and O–H groups in total. The maximum atomic E-state index is 6.19. The monoisotopic (exact) mass is 229 g/mol. The van der Waals surface area contributed by atoms with E-state index in [2.05, 4.69) is 5.32 Å². The van der Waals surface area contributed by atoms with Gasteiger partial charge in [-0.3, -0.25) is 0 Å². The Bertz CT molecular complexity index is 349. The minimum absolute atomic E-state index is 0.366. The number of hydrogen-bond acceptors (Lipinski definition) is 1. The fourth-order valence-electron chi connectivity index (χ4n) is 2.16. The van der Waals surface area contributed by atoms with Crippen molar-refractivity contribution in [1.29, 1.82) is 0 Å². The summed E-state index contributed by atoms with van der Waals surface area (Å²) in [7, 11) is 1.97. The topological polar surface area (TPSA) is 12.0 Å². The first kappa shape index (κ1) is 10.3. The van der Waals surface area contributed by atoms with Crippen LogP contribution >= 0.6 is 23.2 Å². The molecule has 1 aromatic carbocycles. The minimum Gasteiger partial charge on any atom is -0.313 e. The Morgan fingerprint density at radius 2 is 2.00 bits per heavy atom. The summed E-state index contributed by atoms with van der Waals surface area (Å²) in [6.45, 7) is 0. The fraction of sp³-hybridized carbons (Fsp3) is 0.455. The SMILES string of the molecule is CNC1CCCc2c(Cl)ccc(Cl)c21. The summed E-state index contributed by atoms with van der Waals surface area (Å²) in [5.74, 6) is 0. The van der Waals surface area contributed by atoms with Crippen LogP contribution in [0.1, 0.15) is 30.0 Å². The van der Waals surface area contributed by atoms with Gasteiger partial charge in [0, 0.05) is 16.1 Å². The second-order valence-electron chi connectivity index (χ2n) is 3.65. The van der Waals surface area contributed by atoms with E-state index in [1.807, 2.05) is 19.2 Å². The molecular weight excluding hydrogens is 217 g/mol. The smallest absolute Gasteiger partial charge is 0.0457 e. The predicted octanol–water partition coefficient (Wildman–Crippen LogP) is 3.59. The lowest BCUT2D eigenvalue weighted by Gasteiger charge is -2.26. The molecule has 1 aromatic rings. The van der Waals surface area contributed by atoms with Crippen molar-refractivity contribution in [3.05, 3.63) is 33.3 Å². The maximum Gasteiger partial charge on any atom is 0.0457 e. The zero-order valence-corrected chi connectivity index (χ0v) is 9.62. The van der Waals surface area contributed by atoms with E-state index in [-0.39, 0.29) is 0 Å². The van der Waals surface area contributed by atoms with Gasteiger partial charge < -0.3 is 5.32 Å². The highest BCUT2D eigenvalue weighted by Gasteiger charge is 2.23. The lowest BCUT2D eigenvalue weighted by molar-refractivity contribution is 0.497. The van der Waals surface area contributed by atoms with Crippen LogP contribution in [0, 0.1) is 0 Å². The number of rotatable bonds is 1. The fourth-order valence-corrected chi connectivity index (χ4v) is 2.72. The van der Waals surface area contributed by atoms with Gasteiger partial charge >= 0.3 is 0 Å². The van der Waals surface area contributed by atoms with Crippen LogP contribution in [0.2, 0.25) is 10.0 Å². The highest BCUT2D eigenvalue weighted by atomic mass is 35.5. The van der Waals surface area contributed by atoms with E-state index < -0.39 is 0 Å². The summed E-state index contributed by atoms with van der Waals surface area (Å²) in [5.41, 5.74) is 2.43. The lowest BCUT2D eigenvalue weighted by Crippen LogP contribution is -2.22. The summed E-state index contributed by atoms with van der Waals surface area (Å²) in [6, 6.07) is 4.14. The molecule has 0 heterocycles. The number of nitrogens with one attached hydrogen (secondary N) is 1. The summed E-state index contributed by atoms with van der Waals surface area (Å²) < 4.78 is 0. The molecule has 1 unspecified atom stereocenters. The van der Waals surface area contributed by atoms with Gasteiger partial charge in [0.05, 0.1) is 0 Å². The molecule has 3 heteroatoms. The summed E-state index contributed by atoms with van der Waals surface area (Å²) >= 11 is 12.3. The Balaban J connectivity index is 2.55. The second kappa shape index (κ2) is 4.09. The van der Waals surface area contributed by atoms with E-state index in [4.69, 9.17) is 23.2 Å². The van der Waals surface area contributed by atoms with Gasteiger partial charge in [0.25, 0.3) is 0 Å². The van der Waals surface area contributed by atoms with E-state index >= 15 is 0 Å². The zero-order valence-electron chi connectivity index (χ0n) is 8.11. The minimum atomic E-state index is 0.366. The van der Waals surface area contributed by atoms with Crippen molar-refractivity contribution >= 4 is 23.2 Å². The molecule has 0 amide bonds. The van der Waals surface area contributed by atoms with Crippen LogP contribution in [0.25, 0.3) is 0 Å². The molecule has 0 fully saturated rings. The molecule has 0 aromatic heterocycles. The summed E-state index contributed by atoms with van der Waals surface area (Å²) in [5, 5.41) is 4.97. The van der Waals surface area contributed by atoms with E-state index in [9.17, 15) is 0 Å². The Morgan fingerprint density at radius 1 is 1.29 bits per heavy atom. The molecule has 0 saturated carbocycles. The Morgan fingerprint density at radius 3 is 2.71 bits per heavy atom. The van der Waals surface area contributed by atoms with Crippen molar-refractivity contribution in [3.63, 3.8) is 0 Å². The third kappa shape index (κ3) is 1.65. The van der Waals surface area contributed by atoms with Crippen molar-refractivity contribution in [3.8, 4) is 0 Å². The molecule has 0 saturated heterocycles. The maximum absolute atomic E-state index is 6.19. The van der Waals surface area contributed by atoms with Crippen LogP contribution in [-0.4, -0.2) is 7.05 Å². The average Bonchev–Trinajstić information content (AvgIpc) is 2.23. The van der Waals surface area contributed by atoms with Crippen LogP contribution in [0.4, 0.5) is 0 Å². The first-order chi connectivity index (χ1) is 6.74. The third-order valence-corrected chi connectivity index (χ3v) is 3.55. The largest absolute Gasteiger partial charge is 0.313 e. The van der Waals surface area contributed by atoms with Crippen LogP contribution in [0.3, 0.4) is 0 Å². The summed E-state index contributed by atoms with van der Waals surface area (Å²) in [6.07, 6.45) is 3.37. The van der Waals surface area contributed by atoms with Crippen molar-refractivity contribution in [2.75, 3.05) is 7.05 Å². The van der Waals surface area contributed by atoms with Gasteiger partial charge in [-0.25, -0.2) is 0 Å². The van der Waals surface area contributed by atoms with E-state index in [1.54, 1.807) is 0 Å². The van der Waals surface area contributed by atoms with Crippen molar-refractivity contribution < 1.29 is 0 Å². The van der Waals surface area contributed by atoms with Crippen LogP contribution in [0.15, 0.2) is 12.1 Å². The molecule has 0 radical (unpaired) electrons. The standard InChI is InChI=1S/C11H13Cl2N/c1-14-10-4-2-3-7-8(12)5-6-9(13)11(7)10/h5-6,10,14H,2-4H2,1H3. The molecule has 1 nitrogen and oxygen atoms in total. The number of benzene rings is 1. The number of hydrogen-bond donors (Lipinski definition) is 1. The highest BCUT2D eigenvalue weighted by molar-refractivity contribution is 6.34. The van der Waals surface area contributed by atoms with Gasteiger partial charge in [-0.15, -0.1) is 0 Å². The zero-order chi connectivity index (χ0) is 10.1. The van der Waals surface area contributed by atoms with E-state index in [0.29, 0.717) is 6.04 Å².